The lowest BCUT2D eigenvalue weighted by Crippen LogP contribution is -2.10. The van der Waals surface area contributed by atoms with Gasteiger partial charge in [0.1, 0.15) is 11.4 Å². The number of nitrogen functional groups attached to an aromatic ring is 1. The molecule has 0 aliphatic heterocycles. The van der Waals surface area contributed by atoms with Gasteiger partial charge in [0.15, 0.2) is 0 Å². The lowest BCUT2D eigenvalue weighted by molar-refractivity contribution is 0.0527. The van der Waals surface area contributed by atoms with Gasteiger partial charge in [-0.1, -0.05) is 6.92 Å². The number of hydrogen-bond acceptors (Lipinski definition) is 4. The molecule has 0 aromatic carbocycles. The number of esters is 1. The maximum atomic E-state index is 11.3. The van der Waals surface area contributed by atoms with E-state index in [-0.39, 0.29) is 5.82 Å². The maximum Gasteiger partial charge on any atom is 0.341 e. The van der Waals surface area contributed by atoms with Gasteiger partial charge in [0.05, 0.1) is 6.61 Å². The Bertz CT molecular complexity index is 337. The lowest BCUT2D eigenvalue weighted by atomic mass is 10.2. The SMILES string of the molecule is CCOC(=O)c1ccc(CC)nc1N. The van der Waals surface area contributed by atoms with Crippen LogP contribution in [0.15, 0.2) is 12.1 Å². The smallest absolute Gasteiger partial charge is 0.341 e. The number of rotatable bonds is 3. The molecule has 4 nitrogen and oxygen atoms in total. The lowest BCUT2D eigenvalue weighted by Gasteiger charge is -2.05. The van der Waals surface area contributed by atoms with Crippen LogP contribution in [0.2, 0.25) is 0 Å². The molecule has 76 valence electrons. The van der Waals surface area contributed by atoms with E-state index in [1.54, 1.807) is 19.1 Å². The van der Waals surface area contributed by atoms with Crippen molar-refractivity contribution in [1.82, 2.24) is 4.98 Å². The summed E-state index contributed by atoms with van der Waals surface area (Å²) < 4.78 is 4.82. The highest BCUT2D eigenvalue weighted by Gasteiger charge is 2.11. The fourth-order valence-corrected chi connectivity index (χ4v) is 1.10. The first-order valence-corrected chi connectivity index (χ1v) is 4.61. The van der Waals surface area contributed by atoms with Gasteiger partial charge in [0, 0.05) is 5.69 Å². The number of carbonyl (C=O) groups is 1. The first kappa shape index (κ1) is 10.5. The monoisotopic (exact) mass is 194 g/mol. The highest BCUT2D eigenvalue weighted by molar-refractivity contribution is 5.94. The number of nitrogens with zero attached hydrogens (tertiary/aromatic N) is 1. The van der Waals surface area contributed by atoms with Crippen molar-refractivity contribution in [1.29, 1.82) is 0 Å². The fourth-order valence-electron chi connectivity index (χ4n) is 1.10. The molecule has 2 N–H and O–H groups in total. The Kier molecular flexibility index (Phi) is 3.45. The average Bonchev–Trinajstić information content (AvgIpc) is 2.17. The van der Waals surface area contributed by atoms with Crippen molar-refractivity contribution < 1.29 is 9.53 Å². The number of carbonyl (C=O) groups excluding carboxylic acids is 1. The van der Waals surface area contributed by atoms with Crippen molar-refractivity contribution in [3.05, 3.63) is 23.4 Å². The average molecular weight is 194 g/mol. The molecule has 0 saturated heterocycles. The minimum Gasteiger partial charge on any atom is -0.462 e. The number of hydrogen-bond donors (Lipinski definition) is 1. The molecule has 1 rings (SSSR count). The first-order chi connectivity index (χ1) is 6.69. The van der Waals surface area contributed by atoms with Crippen LogP contribution in [0, 0.1) is 0 Å². The number of aromatic nitrogens is 1. The number of ether oxygens (including phenoxy) is 1. The van der Waals surface area contributed by atoms with Crippen molar-refractivity contribution in [2.45, 2.75) is 20.3 Å². The van der Waals surface area contributed by atoms with Crippen LogP contribution in [0.5, 0.6) is 0 Å². The molecule has 0 bridgehead atoms. The first-order valence-electron chi connectivity index (χ1n) is 4.61. The van der Waals surface area contributed by atoms with Crippen molar-refractivity contribution in [2.24, 2.45) is 0 Å². The second-order valence-electron chi connectivity index (χ2n) is 2.81. The summed E-state index contributed by atoms with van der Waals surface area (Å²) in [5, 5.41) is 0. The summed E-state index contributed by atoms with van der Waals surface area (Å²) >= 11 is 0. The number of nitrogens with two attached hydrogens (primary N) is 1. The number of pyridine rings is 1. The van der Waals surface area contributed by atoms with E-state index in [4.69, 9.17) is 10.5 Å². The molecule has 1 heterocycles. The van der Waals surface area contributed by atoms with Crippen molar-refractivity contribution in [3.8, 4) is 0 Å². The van der Waals surface area contributed by atoms with Gasteiger partial charge < -0.3 is 10.5 Å². The van der Waals surface area contributed by atoms with Crippen LogP contribution in [0.3, 0.4) is 0 Å². The molecule has 0 saturated carbocycles. The van der Waals surface area contributed by atoms with Gasteiger partial charge >= 0.3 is 5.97 Å². The predicted octanol–water partition coefficient (Wildman–Crippen LogP) is 1.40. The van der Waals surface area contributed by atoms with Crippen LogP contribution in [-0.2, 0) is 11.2 Å². The molecular formula is C10H14N2O2. The van der Waals surface area contributed by atoms with Crippen LogP contribution >= 0.6 is 0 Å². The third-order valence-corrected chi connectivity index (χ3v) is 1.84. The summed E-state index contributed by atoms with van der Waals surface area (Å²) in [5.74, 6) is -0.178. The fraction of sp³-hybridized carbons (Fsp3) is 0.400. The Morgan fingerprint density at radius 1 is 1.50 bits per heavy atom. The zero-order valence-electron chi connectivity index (χ0n) is 8.41. The molecule has 0 fully saturated rings. The molecule has 0 amide bonds. The largest absolute Gasteiger partial charge is 0.462 e. The summed E-state index contributed by atoms with van der Waals surface area (Å²) in [6.07, 6.45) is 0.799. The van der Waals surface area contributed by atoms with Crippen molar-refractivity contribution in [3.63, 3.8) is 0 Å². The van der Waals surface area contributed by atoms with Gasteiger partial charge in [0.25, 0.3) is 0 Å². The van der Waals surface area contributed by atoms with E-state index < -0.39 is 5.97 Å². The van der Waals surface area contributed by atoms with E-state index in [2.05, 4.69) is 4.98 Å². The standard InChI is InChI=1S/C10H14N2O2/c1-3-7-5-6-8(9(11)12-7)10(13)14-4-2/h5-6H,3-4H2,1-2H3,(H2,11,12). The van der Waals surface area contributed by atoms with Crippen LogP contribution in [0.4, 0.5) is 5.82 Å². The van der Waals surface area contributed by atoms with E-state index >= 15 is 0 Å². The van der Waals surface area contributed by atoms with Crippen molar-refractivity contribution >= 4 is 11.8 Å². The van der Waals surface area contributed by atoms with Gasteiger partial charge in [-0.3, -0.25) is 0 Å². The highest BCUT2D eigenvalue weighted by Crippen LogP contribution is 2.11. The van der Waals surface area contributed by atoms with Crippen LogP contribution in [0.25, 0.3) is 0 Å². The number of aryl methyl sites for hydroxylation is 1. The summed E-state index contributed by atoms with van der Waals surface area (Å²) in [6.45, 7) is 4.07. The Balaban J connectivity index is 2.94. The molecule has 1 aromatic heterocycles. The molecule has 0 radical (unpaired) electrons. The minimum atomic E-state index is -0.417. The summed E-state index contributed by atoms with van der Waals surface area (Å²) in [7, 11) is 0. The summed E-state index contributed by atoms with van der Waals surface area (Å²) in [5.41, 5.74) is 6.82. The molecule has 0 unspecified atom stereocenters. The van der Waals surface area contributed by atoms with Gasteiger partial charge in [0.2, 0.25) is 0 Å². The Morgan fingerprint density at radius 3 is 2.71 bits per heavy atom. The van der Waals surface area contributed by atoms with Crippen LogP contribution < -0.4 is 5.73 Å². The molecule has 0 aliphatic rings. The predicted molar refractivity (Wildman–Crippen MR) is 54.0 cm³/mol. The Labute approximate surface area is 83.1 Å². The molecule has 1 aromatic rings. The second kappa shape index (κ2) is 4.60. The summed E-state index contributed by atoms with van der Waals surface area (Å²) in [4.78, 5) is 15.4. The van der Waals surface area contributed by atoms with E-state index in [1.807, 2.05) is 6.92 Å². The normalized spacial score (nSPS) is 9.86. The molecule has 0 atom stereocenters. The Hall–Kier alpha value is -1.58. The molecule has 4 heteroatoms. The summed E-state index contributed by atoms with van der Waals surface area (Å²) in [6, 6.07) is 3.43. The van der Waals surface area contributed by atoms with Gasteiger partial charge in [-0.2, -0.15) is 0 Å². The second-order valence-corrected chi connectivity index (χ2v) is 2.81. The van der Waals surface area contributed by atoms with E-state index in [0.29, 0.717) is 12.2 Å². The van der Waals surface area contributed by atoms with Gasteiger partial charge in [-0.05, 0) is 25.5 Å². The Morgan fingerprint density at radius 2 is 2.21 bits per heavy atom. The van der Waals surface area contributed by atoms with Crippen LogP contribution in [-0.4, -0.2) is 17.6 Å². The molecular weight excluding hydrogens is 180 g/mol. The quantitative estimate of drug-likeness (QED) is 0.739. The van der Waals surface area contributed by atoms with Crippen molar-refractivity contribution in [2.75, 3.05) is 12.3 Å². The molecule has 0 aliphatic carbocycles. The van der Waals surface area contributed by atoms with Crippen LogP contribution in [0.1, 0.15) is 29.9 Å². The van der Waals surface area contributed by atoms with E-state index in [1.165, 1.54) is 0 Å². The third kappa shape index (κ3) is 2.22. The zero-order valence-corrected chi connectivity index (χ0v) is 8.41. The maximum absolute atomic E-state index is 11.3. The van der Waals surface area contributed by atoms with Gasteiger partial charge in [-0.25, -0.2) is 9.78 Å². The molecule has 14 heavy (non-hydrogen) atoms. The number of anilines is 1. The molecule has 0 spiro atoms. The van der Waals surface area contributed by atoms with E-state index in [9.17, 15) is 4.79 Å². The third-order valence-electron chi connectivity index (χ3n) is 1.84. The van der Waals surface area contributed by atoms with Gasteiger partial charge in [-0.15, -0.1) is 0 Å². The topological polar surface area (TPSA) is 65.2 Å². The zero-order chi connectivity index (χ0) is 10.6. The minimum absolute atomic E-state index is 0.239. The van der Waals surface area contributed by atoms with E-state index in [0.717, 1.165) is 12.1 Å². The highest BCUT2D eigenvalue weighted by atomic mass is 16.5.